The second kappa shape index (κ2) is 9.58. The average Bonchev–Trinajstić information content (AvgIpc) is 2.65. The highest BCUT2D eigenvalue weighted by Crippen LogP contribution is 2.32. The molecule has 1 aliphatic carbocycles. The van der Waals surface area contributed by atoms with E-state index in [2.05, 4.69) is 5.32 Å². The topological polar surface area (TPSA) is 78.9 Å². The smallest absolute Gasteiger partial charge is 0.409 e. The molecule has 2 aliphatic rings. The summed E-state index contributed by atoms with van der Waals surface area (Å²) in [5.74, 6) is 0.496. The van der Waals surface area contributed by atoms with E-state index in [1.165, 1.54) is 19.3 Å². The Kier molecular flexibility index (Phi) is 7.74. The number of hydrogen-bond acceptors (Lipinski definition) is 4. The third-order valence-corrected chi connectivity index (χ3v) is 5.77. The van der Waals surface area contributed by atoms with Crippen molar-refractivity contribution in [2.24, 2.45) is 17.8 Å². The summed E-state index contributed by atoms with van der Waals surface area (Å²) in [4.78, 5) is 26.1. The van der Waals surface area contributed by atoms with E-state index >= 15 is 0 Å². The van der Waals surface area contributed by atoms with Crippen LogP contribution in [-0.4, -0.2) is 53.8 Å². The number of piperidine rings is 1. The minimum Gasteiger partial charge on any atom is -0.449 e. The summed E-state index contributed by atoms with van der Waals surface area (Å²) in [6.45, 7) is 7.69. The normalized spacial score (nSPS) is 22.1. The van der Waals surface area contributed by atoms with Gasteiger partial charge in [0.2, 0.25) is 5.91 Å². The molecule has 1 aliphatic heterocycles. The van der Waals surface area contributed by atoms with E-state index in [0.29, 0.717) is 45.0 Å². The number of aliphatic hydroxyl groups is 1. The molecule has 0 aromatic rings. The molecular weight excluding hydrogens is 332 g/mol. The molecule has 0 unspecified atom stereocenters. The van der Waals surface area contributed by atoms with E-state index in [-0.39, 0.29) is 23.8 Å². The predicted octanol–water partition coefficient (Wildman–Crippen LogP) is 2.94. The number of likely N-dealkylation sites (tertiary alicyclic amines) is 1. The summed E-state index contributed by atoms with van der Waals surface area (Å²) in [6, 6.07) is 0. The number of amides is 2. The van der Waals surface area contributed by atoms with Gasteiger partial charge in [-0.05, 0) is 44.4 Å². The molecule has 1 atom stereocenters. The number of ether oxygens (including phenoxy) is 1. The maximum absolute atomic E-state index is 12.5. The molecule has 0 spiro atoms. The zero-order valence-electron chi connectivity index (χ0n) is 16.6. The zero-order chi connectivity index (χ0) is 19.2. The minimum absolute atomic E-state index is 0.00344. The van der Waals surface area contributed by atoms with Gasteiger partial charge in [-0.3, -0.25) is 4.79 Å². The lowest BCUT2D eigenvalue weighted by Crippen LogP contribution is -2.49. The fourth-order valence-corrected chi connectivity index (χ4v) is 3.93. The largest absolute Gasteiger partial charge is 0.449 e. The van der Waals surface area contributed by atoms with Crippen LogP contribution in [0.1, 0.15) is 65.7 Å². The standard InChI is InChI=1S/C20H36N2O4/c1-15(2)13-26-19(24)22-11-9-16(10-12-22)18(23)21-14-20(3,25)17-7-5-4-6-8-17/h15-17,25H,4-14H2,1-3H3,(H,21,23)/t20-/m1/s1. The highest BCUT2D eigenvalue weighted by atomic mass is 16.6. The Morgan fingerprint density at radius 3 is 2.35 bits per heavy atom. The van der Waals surface area contributed by atoms with Gasteiger partial charge in [-0.25, -0.2) is 4.79 Å². The zero-order valence-corrected chi connectivity index (χ0v) is 16.6. The van der Waals surface area contributed by atoms with Crippen LogP contribution in [0.2, 0.25) is 0 Å². The van der Waals surface area contributed by atoms with Gasteiger partial charge >= 0.3 is 6.09 Å². The van der Waals surface area contributed by atoms with Crippen LogP contribution in [0.3, 0.4) is 0 Å². The fourth-order valence-electron chi connectivity index (χ4n) is 3.93. The Balaban J connectivity index is 1.71. The quantitative estimate of drug-likeness (QED) is 0.755. The van der Waals surface area contributed by atoms with E-state index in [0.717, 1.165) is 12.8 Å². The van der Waals surface area contributed by atoms with Crippen LogP contribution in [0.25, 0.3) is 0 Å². The van der Waals surface area contributed by atoms with Crippen molar-refractivity contribution in [1.82, 2.24) is 10.2 Å². The van der Waals surface area contributed by atoms with Crippen LogP contribution >= 0.6 is 0 Å². The van der Waals surface area contributed by atoms with Gasteiger partial charge in [0.25, 0.3) is 0 Å². The maximum atomic E-state index is 12.5. The molecule has 6 heteroatoms. The van der Waals surface area contributed by atoms with Crippen LogP contribution in [0.5, 0.6) is 0 Å². The minimum atomic E-state index is -0.836. The summed E-state index contributed by atoms with van der Waals surface area (Å²) in [6.07, 6.45) is 6.68. The first-order valence-electron chi connectivity index (χ1n) is 10.2. The van der Waals surface area contributed by atoms with Crippen molar-refractivity contribution in [2.75, 3.05) is 26.2 Å². The maximum Gasteiger partial charge on any atom is 0.409 e. The molecule has 1 saturated carbocycles. The van der Waals surface area contributed by atoms with E-state index in [9.17, 15) is 14.7 Å². The average molecular weight is 369 g/mol. The third kappa shape index (κ3) is 6.15. The van der Waals surface area contributed by atoms with Crippen molar-refractivity contribution in [1.29, 1.82) is 0 Å². The molecular formula is C20H36N2O4. The summed E-state index contributed by atoms with van der Waals surface area (Å²) in [5.41, 5.74) is -0.836. The van der Waals surface area contributed by atoms with Crippen LogP contribution in [-0.2, 0) is 9.53 Å². The van der Waals surface area contributed by atoms with E-state index in [1.54, 1.807) is 4.90 Å². The van der Waals surface area contributed by atoms with Gasteiger partial charge in [-0.2, -0.15) is 0 Å². The fraction of sp³-hybridized carbons (Fsp3) is 0.900. The lowest BCUT2D eigenvalue weighted by atomic mass is 9.78. The number of nitrogens with zero attached hydrogens (tertiary/aromatic N) is 1. The molecule has 1 saturated heterocycles. The van der Waals surface area contributed by atoms with Gasteiger partial charge in [0, 0.05) is 25.6 Å². The molecule has 2 N–H and O–H groups in total. The summed E-state index contributed by atoms with van der Waals surface area (Å²) in [5, 5.41) is 13.7. The third-order valence-electron chi connectivity index (χ3n) is 5.77. The molecule has 26 heavy (non-hydrogen) atoms. The number of carbonyl (C=O) groups is 2. The van der Waals surface area contributed by atoms with Gasteiger partial charge in [0.1, 0.15) is 0 Å². The second-order valence-electron chi connectivity index (χ2n) is 8.64. The van der Waals surface area contributed by atoms with Crippen molar-refractivity contribution in [3.8, 4) is 0 Å². The SMILES string of the molecule is CC(C)COC(=O)N1CCC(C(=O)NC[C@@](C)(O)C2CCCCC2)CC1. The molecule has 0 bridgehead atoms. The monoisotopic (exact) mass is 368 g/mol. The molecule has 150 valence electrons. The van der Waals surface area contributed by atoms with Crippen LogP contribution < -0.4 is 5.32 Å². The molecule has 2 fully saturated rings. The first-order valence-corrected chi connectivity index (χ1v) is 10.2. The van der Waals surface area contributed by atoms with Crippen molar-refractivity contribution in [3.63, 3.8) is 0 Å². The van der Waals surface area contributed by atoms with E-state index in [1.807, 2.05) is 20.8 Å². The molecule has 6 nitrogen and oxygen atoms in total. The van der Waals surface area contributed by atoms with Gasteiger partial charge in [-0.1, -0.05) is 33.1 Å². The van der Waals surface area contributed by atoms with Gasteiger partial charge in [0.05, 0.1) is 12.2 Å². The van der Waals surface area contributed by atoms with E-state index < -0.39 is 5.60 Å². The Morgan fingerprint density at radius 2 is 1.77 bits per heavy atom. The van der Waals surface area contributed by atoms with E-state index in [4.69, 9.17) is 4.74 Å². The van der Waals surface area contributed by atoms with Crippen molar-refractivity contribution < 1.29 is 19.4 Å². The van der Waals surface area contributed by atoms with Gasteiger partial charge in [0.15, 0.2) is 0 Å². The summed E-state index contributed by atoms with van der Waals surface area (Å²) >= 11 is 0. The molecule has 1 heterocycles. The highest BCUT2D eigenvalue weighted by Gasteiger charge is 2.34. The Morgan fingerprint density at radius 1 is 1.15 bits per heavy atom. The summed E-state index contributed by atoms with van der Waals surface area (Å²) in [7, 11) is 0. The first kappa shape index (κ1) is 21.0. The summed E-state index contributed by atoms with van der Waals surface area (Å²) < 4.78 is 5.25. The van der Waals surface area contributed by atoms with Gasteiger partial charge < -0.3 is 20.1 Å². The Bertz CT molecular complexity index is 464. The number of hydrogen-bond donors (Lipinski definition) is 2. The van der Waals surface area contributed by atoms with Crippen molar-refractivity contribution >= 4 is 12.0 Å². The van der Waals surface area contributed by atoms with Crippen LogP contribution in [0.4, 0.5) is 4.79 Å². The molecule has 0 aromatic carbocycles. The highest BCUT2D eigenvalue weighted by molar-refractivity contribution is 5.79. The van der Waals surface area contributed by atoms with Crippen LogP contribution in [0.15, 0.2) is 0 Å². The molecule has 0 radical (unpaired) electrons. The second-order valence-corrected chi connectivity index (χ2v) is 8.64. The molecule has 2 rings (SSSR count). The Hall–Kier alpha value is -1.30. The van der Waals surface area contributed by atoms with Gasteiger partial charge in [-0.15, -0.1) is 0 Å². The number of rotatable bonds is 6. The predicted molar refractivity (Wildman–Crippen MR) is 101 cm³/mol. The van der Waals surface area contributed by atoms with Crippen molar-refractivity contribution in [2.45, 2.75) is 71.3 Å². The molecule has 0 aromatic heterocycles. The number of nitrogens with one attached hydrogen (secondary N) is 1. The first-order chi connectivity index (χ1) is 12.3. The lowest BCUT2D eigenvalue weighted by molar-refractivity contribution is -0.128. The van der Waals surface area contributed by atoms with Crippen molar-refractivity contribution in [3.05, 3.63) is 0 Å². The lowest BCUT2D eigenvalue weighted by Gasteiger charge is -2.36. The van der Waals surface area contributed by atoms with Crippen LogP contribution in [0, 0.1) is 17.8 Å². The molecule has 2 amide bonds. The number of carbonyl (C=O) groups excluding carboxylic acids is 2. The Labute approximate surface area is 157 Å².